The van der Waals surface area contributed by atoms with Crippen LogP contribution in [0, 0.1) is 0 Å². The molecule has 6 nitrogen and oxygen atoms in total. The molecule has 1 unspecified atom stereocenters. The summed E-state index contributed by atoms with van der Waals surface area (Å²) in [4.78, 5) is 18.4. The highest BCUT2D eigenvalue weighted by Gasteiger charge is 2.33. The van der Waals surface area contributed by atoms with Gasteiger partial charge in [-0.2, -0.15) is 0 Å². The smallest absolute Gasteiger partial charge is 0.153 e. The number of nitrogens with zero attached hydrogens (tertiary/aromatic N) is 4. The average molecular weight is 493 g/mol. The number of fused-ring (bicyclic) bond motifs is 6. The summed E-state index contributed by atoms with van der Waals surface area (Å²) in [5, 5.41) is 1.00. The first-order valence-corrected chi connectivity index (χ1v) is 12.5. The monoisotopic (exact) mass is 492 g/mol. The van der Waals surface area contributed by atoms with E-state index in [1.165, 1.54) is 5.57 Å². The first kappa shape index (κ1) is 21.0. The van der Waals surface area contributed by atoms with E-state index in [-0.39, 0.29) is 5.92 Å². The van der Waals surface area contributed by atoms with Crippen LogP contribution >= 0.6 is 0 Å². The molecule has 6 heteroatoms. The van der Waals surface area contributed by atoms with Crippen LogP contribution in [0.4, 0.5) is 0 Å². The second kappa shape index (κ2) is 8.21. The summed E-state index contributed by atoms with van der Waals surface area (Å²) in [6, 6.07) is 22.2. The van der Waals surface area contributed by atoms with Crippen molar-refractivity contribution in [2.45, 2.75) is 12.3 Å². The third kappa shape index (κ3) is 3.34. The second-order valence-electron chi connectivity index (χ2n) is 9.53. The summed E-state index contributed by atoms with van der Waals surface area (Å²) in [7, 11) is 0. The van der Waals surface area contributed by atoms with E-state index in [2.05, 4.69) is 62.4 Å². The lowest BCUT2D eigenvalue weighted by Gasteiger charge is -2.18. The lowest BCUT2D eigenvalue weighted by Crippen LogP contribution is -2.05. The SMILES string of the molecule is C1=C(c2ccnc(-c3cc(-c4ccc5oc6cccnc6c5c4)ccn3)c2)CC2C(=C1)Oc1cccnc12. The van der Waals surface area contributed by atoms with E-state index in [9.17, 15) is 0 Å². The van der Waals surface area contributed by atoms with Gasteiger partial charge in [0.25, 0.3) is 0 Å². The van der Waals surface area contributed by atoms with Crippen LogP contribution < -0.4 is 4.74 Å². The lowest BCUT2D eigenvalue weighted by molar-refractivity contribution is 0.426. The molecule has 0 saturated heterocycles. The summed E-state index contributed by atoms with van der Waals surface area (Å²) in [5.41, 5.74) is 9.64. The van der Waals surface area contributed by atoms with Gasteiger partial charge in [-0.15, -0.1) is 0 Å². The Morgan fingerprint density at radius 3 is 2.37 bits per heavy atom. The Labute approximate surface area is 218 Å². The standard InChI is InChI=1S/C32H20N4O2/c1-3-29-31(35-11-1)23-15-19(5-7-27(23)37-29)21-9-13-33-25(17-21)26-18-22(10-14-34-26)20-6-8-28-24(16-20)32-30(38-28)4-2-12-36-32/h1-15,17-18,24H,16H2. The van der Waals surface area contributed by atoms with Gasteiger partial charge in [-0.05, 0) is 95.4 Å². The molecule has 0 saturated carbocycles. The first-order chi connectivity index (χ1) is 18.8. The largest absolute Gasteiger partial charge is 0.459 e. The molecule has 38 heavy (non-hydrogen) atoms. The summed E-state index contributed by atoms with van der Waals surface area (Å²) in [5.74, 6) is 1.96. The molecule has 0 amide bonds. The minimum absolute atomic E-state index is 0.146. The van der Waals surface area contributed by atoms with Gasteiger partial charge in [0, 0.05) is 30.2 Å². The molecule has 180 valence electrons. The van der Waals surface area contributed by atoms with Crippen molar-refractivity contribution in [1.82, 2.24) is 19.9 Å². The van der Waals surface area contributed by atoms with E-state index < -0.39 is 0 Å². The van der Waals surface area contributed by atoms with Crippen LogP contribution in [0.15, 0.2) is 114 Å². The van der Waals surface area contributed by atoms with Gasteiger partial charge in [0.1, 0.15) is 22.6 Å². The zero-order chi connectivity index (χ0) is 25.1. The van der Waals surface area contributed by atoms with Gasteiger partial charge in [0.05, 0.1) is 23.0 Å². The summed E-state index contributed by atoms with van der Waals surface area (Å²) < 4.78 is 12.0. The number of pyridine rings is 4. The average Bonchev–Trinajstić information content (AvgIpc) is 3.55. The highest BCUT2D eigenvalue weighted by molar-refractivity contribution is 6.03. The highest BCUT2D eigenvalue weighted by Crippen LogP contribution is 2.46. The van der Waals surface area contributed by atoms with Crippen molar-refractivity contribution in [3.8, 4) is 28.3 Å². The van der Waals surface area contributed by atoms with Crippen molar-refractivity contribution in [1.29, 1.82) is 0 Å². The van der Waals surface area contributed by atoms with Crippen molar-refractivity contribution in [3.63, 3.8) is 0 Å². The number of allylic oxidation sites excluding steroid dienone is 4. The van der Waals surface area contributed by atoms with Gasteiger partial charge >= 0.3 is 0 Å². The van der Waals surface area contributed by atoms with Crippen LogP contribution in [0.1, 0.15) is 23.6 Å². The van der Waals surface area contributed by atoms with Crippen molar-refractivity contribution in [3.05, 3.63) is 121 Å². The van der Waals surface area contributed by atoms with Gasteiger partial charge in [0.15, 0.2) is 5.58 Å². The van der Waals surface area contributed by atoms with E-state index >= 15 is 0 Å². The molecule has 0 fully saturated rings. The third-order valence-corrected chi connectivity index (χ3v) is 7.29. The Bertz CT molecular complexity index is 1950. The zero-order valence-electron chi connectivity index (χ0n) is 20.2. The van der Waals surface area contributed by atoms with Gasteiger partial charge in [-0.1, -0.05) is 12.1 Å². The number of hydrogen-bond donors (Lipinski definition) is 0. The minimum Gasteiger partial charge on any atom is -0.459 e. The summed E-state index contributed by atoms with van der Waals surface area (Å²) in [6.45, 7) is 0. The normalized spacial score (nSPS) is 16.1. The Balaban J connectivity index is 1.13. The van der Waals surface area contributed by atoms with Gasteiger partial charge in [0.2, 0.25) is 0 Å². The fraction of sp³-hybridized carbons (Fsp3) is 0.0625. The Morgan fingerprint density at radius 2 is 1.45 bits per heavy atom. The van der Waals surface area contributed by atoms with E-state index in [1.807, 2.05) is 55.0 Å². The van der Waals surface area contributed by atoms with E-state index in [4.69, 9.17) is 9.15 Å². The zero-order valence-corrected chi connectivity index (χ0v) is 20.2. The number of rotatable bonds is 3. The Morgan fingerprint density at radius 1 is 0.658 bits per heavy atom. The van der Waals surface area contributed by atoms with Crippen LogP contribution in [0.3, 0.4) is 0 Å². The molecule has 1 aromatic carbocycles. The molecule has 6 aromatic rings. The number of benzene rings is 1. The van der Waals surface area contributed by atoms with E-state index in [0.717, 1.165) is 73.8 Å². The number of hydrogen-bond acceptors (Lipinski definition) is 6. The van der Waals surface area contributed by atoms with Gasteiger partial charge < -0.3 is 9.15 Å². The molecule has 5 aromatic heterocycles. The molecule has 1 aliphatic heterocycles. The maximum absolute atomic E-state index is 6.01. The van der Waals surface area contributed by atoms with Crippen molar-refractivity contribution >= 4 is 27.6 Å². The molecule has 2 aliphatic rings. The molecule has 6 heterocycles. The van der Waals surface area contributed by atoms with Gasteiger partial charge in [-0.3, -0.25) is 19.9 Å². The maximum atomic E-state index is 6.01. The van der Waals surface area contributed by atoms with E-state index in [1.54, 1.807) is 6.20 Å². The van der Waals surface area contributed by atoms with Crippen LogP contribution in [0.25, 0.3) is 50.2 Å². The first-order valence-electron chi connectivity index (χ1n) is 12.5. The van der Waals surface area contributed by atoms with Crippen LogP contribution in [-0.2, 0) is 0 Å². The third-order valence-electron chi connectivity index (χ3n) is 7.29. The molecule has 1 aliphatic carbocycles. The van der Waals surface area contributed by atoms with Crippen molar-refractivity contribution < 1.29 is 9.15 Å². The topological polar surface area (TPSA) is 73.9 Å². The summed E-state index contributed by atoms with van der Waals surface area (Å²) >= 11 is 0. The maximum Gasteiger partial charge on any atom is 0.153 e. The van der Waals surface area contributed by atoms with Crippen molar-refractivity contribution in [2.75, 3.05) is 0 Å². The highest BCUT2D eigenvalue weighted by atomic mass is 16.5. The molecular formula is C32H20N4O2. The molecule has 1 atom stereocenters. The molecular weight excluding hydrogens is 472 g/mol. The minimum atomic E-state index is 0.146. The predicted molar refractivity (Wildman–Crippen MR) is 146 cm³/mol. The Kier molecular flexibility index (Phi) is 4.54. The fourth-order valence-corrected chi connectivity index (χ4v) is 5.41. The molecule has 8 rings (SSSR count). The molecule has 0 N–H and O–H groups in total. The number of ether oxygens (including phenoxy) is 1. The predicted octanol–water partition coefficient (Wildman–Crippen LogP) is 7.35. The quantitative estimate of drug-likeness (QED) is 0.257. The van der Waals surface area contributed by atoms with Crippen molar-refractivity contribution in [2.24, 2.45) is 0 Å². The van der Waals surface area contributed by atoms with E-state index in [0.29, 0.717) is 0 Å². The molecule has 0 bridgehead atoms. The van der Waals surface area contributed by atoms with Crippen LogP contribution in [0.2, 0.25) is 0 Å². The van der Waals surface area contributed by atoms with Crippen LogP contribution in [0.5, 0.6) is 5.75 Å². The number of furan rings is 1. The summed E-state index contributed by atoms with van der Waals surface area (Å²) in [6.07, 6.45) is 12.3. The molecule has 0 spiro atoms. The number of aromatic nitrogens is 4. The fourth-order valence-electron chi connectivity index (χ4n) is 5.41. The van der Waals surface area contributed by atoms with Crippen LogP contribution in [-0.4, -0.2) is 19.9 Å². The molecule has 0 radical (unpaired) electrons. The Hall–Kier alpha value is -5.10. The lowest BCUT2D eigenvalue weighted by atomic mass is 9.87. The second-order valence-corrected chi connectivity index (χ2v) is 9.53. The van der Waals surface area contributed by atoms with Gasteiger partial charge in [-0.25, -0.2) is 0 Å².